The highest BCUT2D eigenvalue weighted by molar-refractivity contribution is 5.78. The van der Waals surface area contributed by atoms with Crippen molar-refractivity contribution in [3.8, 4) is 0 Å². The van der Waals surface area contributed by atoms with E-state index in [0.717, 1.165) is 25.7 Å². The lowest BCUT2D eigenvalue weighted by Gasteiger charge is -2.29. The van der Waals surface area contributed by atoms with Gasteiger partial charge < -0.3 is 16.4 Å². The van der Waals surface area contributed by atoms with Gasteiger partial charge in [-0.3, -0.25) is 9.36 Å². The number of rotatable bonds is 6. The Kier molecular flexibility index (Phi) is 6.01. The van der Waals surface area contributed by atoms with Gasteiger partial charge in [0.15, 0.2) is 17.3 Å². The molecule has 0 radical (unpaired) electrons. The van der Waals surface area contributed by atoms with Gasteiger partial charge in [-0.15, -0.1) is 0 Å². The molecule has 34 heavy (non-hydrogen) atoms. The summed E-state index contributed by atoms with van der Waals surface area (Å²) >= 11 is 0. The van der Waals surface area contributed by atoms with Crippen LogP contribution in [0, 0.1) is 23.4 Å². The van der Waals surface area contributed by atoms with E-state index in [4.69, 9.17) is 5.73 Å². The van der Waals surface area contributed by atoms with Gasteiger partial charge in [-0.25, -0.2) is 23.1 Å². The van der Waals surface area contributed by atoms with Crippen LogP contribution in [-0.4, -0.2) is 31.5 Å². The summed E-state index contributed by atoms with van der Waals surface area (Å²) in [5.74, 6) is -3.03. The summed E-state index contributed by atoms with van der Waals surface area (Å²) in [7, 11) is 0. The van der Waals surface area contributed by atoms with Crippen LogP contribution in [0.3, 0.4) is 0 Å². The van der Waals surface area contributed by atoms with Crippen LogP contribution in [0.2, 0.25) is 0 Å². The molecule has 2 heterocycles. The Morgan fingerprint density at radius 2 is 1.68 bits per heavy atom. The maximum Gasteiger partial charge on any atom is 0.224 e. The zero-order chi connectivity index (χ0) is 23.8. The molecule has 2 saturated carbocycles. The molecule has 11 heteroatoms. The van der Waals surface area contributed by atoms with E-state index in [1.165, 1.54) is 0 Å². The van der Waals surface area contributed by atoms with Crippen molar-refractivity contribution < 1.29 is 18.0 Å². The SMILES string of the molecule is NC(=O)[C@H]1CC[C@@H](n2c(Nc3c(F)cc(F)cc3F)nc3cnc(NC4CCCC4)nc32)CC1. The predicted octanol–water partition coefficient (Wildman–Crippen LogP) is 4.56. The van der Waals surface area contributed by atoms with Gasteiger partial charge >= 0.3 is 0 Å². The largest absolute Gasteiger partial charge is 0.369 e. The molecule has 1 aromatic carbocycles. The highest BCUT2D eigenvalue weighted by atomic mass is 19.1. The maximum absolute atomic E-state index is 14.4. The normalized spacial score (nSPS) is 21.1. The van der Waals surface area contributed by atoms with Gasteiger partial charge in [-0.1, -0.05) is 12.8 Å². The Labute approximate surface area is 194 Å². The Bertz CT molecular complexity index is 1190. The minimum Gasteiger partial charge on any atom is -0.369 e. The summed E-state index contributed by atoms with van der Waals surface area (Å²) in [5, 5.41) is 6.07. The van der Waals surface area contributed by atoms with E-state index < -0.39 is 23.1 Å². The zero-order valence-electron chi connectivity index (χ0n) is 18.5. The zero-order valence-corrected chi connectivity index (χ0v) is 18.5. The molecule has 4 N–H and O–H groups in total. The lowest BCUT2D eigenvalue weighted by Crippen LogP contribution is -2.29. The second-order valence-electron chi connectivity index (χ2n) is 9.11. The summed E-state index contributed by atoms with van der Waals surface area (Å²) in [4.78, 5) is 25.2. The van der Waals surface area contributed by atoms with Gasteiger partial charge in [0, 0.05) is 30.1 Å². The highest BCUT2D eigenvalue weighted by Gasteiger charge is 2.30. The van der Waals surface area contributed by atoms with Crippen LogP contribution in [0.25, 0.3) is 11.2 Å². The maximum atomic E-state index is 14.4. The monoisotopic (exact) mass is 473 g/mol. The standard InChI is InChI=1S/C23H26F3N7O/c24-13-9-16(25)19(17(26)10-13)31-23-30-18-11-28-22(29-14-3-1-2-4-14)32-21(18)33(23)15-7-5-12(6-8-15)20(27)34/h9-12,14-15H,1-8H2,(H2,27,34)(H,30,31)(H,28,29,32)/t12-,15+. The van der Waals surface area contributed by atoms with Crippen molar-refractivity contribution in [1.29, 1.82) is 0 Å². The first-order valence-corrected chi connectivity index (χ1v) is 11.6. The molecule has 2 aliphatic carbocycles. The number of benzene rings is 1. The van der Waals surface area contributed by atoms with Crippen LogP contribution < -0.4 is 16.4 Å². The van der Waals surface area contributed by atoms with Gasteiger partial charge in [0.05, 0.1) is 6.20 Å². The summed E-state index contributed by atoms with van der Waals surface area (Å²) in [6.45, 7) is 0. The molecule has 2 aromatic heterocycles. The molecule has 0 unspecified atom stereocenters. The van der Waals surface area contributed by atoms with Crippen molar-refractivity contribution in [2.45, 2.75) is 63.5 Å². The minimum atomic E-state index is -1.07. The van der Waals surface area contributed by atoms with Gasteiger partial charge in [0.1, 0.15) is 17.0 Å². The number of nitrogens with two attached hydrogens (primary N) is 1. The number of amides is 1. The van der Waals surface area contributed by atoms with Gasteiger partial charge in [0.2, 0.25) is 17.8 Å². The Balaban J connectivity index is 1.54. The molecule has 0 atom stereocenters. The van der Waals surface area contributed by atoms with Crippen LogP contribution in [0.5, 0.6) is 0 Å². The fourth-order valence-electron chi connectivity index (χ4n) is 5.04. The van der Waals surface area contributed by atoms with Crippen molar-refractivity contribution in [3.05, 3.63) is 35.8 Å². The number of imidazole rings is 1. The summed E-state index contributed by atoms with van der Waals surface area (Å²) in [5.41, 5.74) is 5.96. The topological polar surface area (TPSA) is 111 Å². The molecule has 0 spiro atoms. The van der Waals surface area contributed by atoms with Gasteiger partial charge in [-0.05, 0) is 38.5 Å². The van der Waals surface area contributed by atoms with Crippen molar-refractivity contribution in [2.24, 2.45) is 11.7 Å². The first-order chi connectivity index (χ1) is 16.4. The first kappa shape index (κ1) is 22.4. The van der Waals surface area contributed by atoms with Crippen LogP contribution in [-0.2, 0) is 4.79 Å². The summed E-state index contributed by atoms with van der Waals surface area (Å²) < 4.78 is 44.0. The second-order valence-corrected chi connectivity index (χ2v) is 9.11. The van der Waals surface area contributed by atoms with Gasteiger partial charge in [0.25, 0.3) is 0 Å². The average Bonchev–Trinajstić information content (AvgIpc) is 3.43. The van der Waals surface area contributed by atoms with E-state index >= 15 is 0 Å². The van der Waals surface area contributed by atoms with Crippen molar-refractivity contribution in [3.63, 3.8) is 0 Å². The molecule has 5 rings (SSSR count). The molecule has 8 nitrogen and oxygen atoms in total. The number of carbonyl (C=O) groups excluding carboxylic acids is 1. The Morgan fingerprint density at radius 3 is 2.32 bits per heavy atom. The van der Waals surface area contributed by atoms with E-state index in [-0.39, 0.29) is 23.8 Å². The number of aromatic nitrogens is 4. The number of nitrogens with zero attached hydrogens (tertiary/aromatic N) is 4. The van der Waals surface area contributed by atoms with Crippen LogP contribution in [0.4, 0.5) is 30.8 Å². The fourth-order valence-corrected chi connectivity index (χ4v) is 5.04. The van der Waals surface area contributed by atoms with E-state index in [9.17, 15) is 18.0 Å². The third kappa shape index (κ3) is 4.38. The number of anilines is 3. The molecule has 0 bridgehead atoms. The number of nitrogens with one attached hydrogen (secondary N) is 2. The Hall–Kier alpha value is -3.37. The van der Waals surface area contributed by atoms with Crippen molar-refractivity contribution in [2.75, 3.05) is 10.6 Å². The number of fused-ring (bicyclic) bond motifs is 1. The molecule has 0 saturated heterocycles. The Morgan fingerprint density at radius 1 is 1.00 bits per heavy atom. The van der Waals surface area contributed by atoms with Crippen LogP contribution >= 0.6 is 0 Å². The van der Waals surface area contributed by atoms with E-state index in [1.54, 1.807) is 10.8 Å². The fraction of sp³-hybridized carbons (Fsp3) is 0.478. The molecular weight excluding hydrogens is 447 g/mol. The quantitative estimate of drug-likeness (QED) is 0.484. The average molecular weight is 474 g/mol. The molecule has 2 fully saturated rings. The number of halogens is 3. The van der Waals surface area contributed by atoms with Gasteiger partial charge in [-0.2, -0.15) is 4.98 Å². The molecule has 1 amide bonds. The summed E-state index contributed by atoms with van der Waals surface area (Å²) in [6.07, 6.45) is 8.42. The molecule has 0 aliphatic heterocycles. The predicted molar refractivity (Wildman–Crippen MR) is 121 cm³/mol. The number of carbonyl (C=O) groups is 1. The van der Waals surface area contributed by atoms with E-state index in [0.29, 0.717) is 61.0 Å². The lowest BCUT2D eigenvalue weighted by molar-refractivity contribution is -0.122. The molecule has 2 aliphatic rings. The smallest absolute Gasteiger partial charge is 0.224 e. The first-order valence-electron chi connectivity index (χ1n) is 11.6. The third-order valence-electron chi connectivity index (χ3n) is 6.83. The molecule has 180 valence electrons. The molecular formula is C23H26F3N7O. The number of hydrogen-bond acceptors (Lipinski definition) is 6. The van der Waals surface area contributed by atoms with E-state index in [1.807, 2.05) is 0 Å². The minimum absolute atomic E-state index is 0.121. The van der Waals surface area contributed by atoms with Crippen molar-refractivity contribution >= 4 is 34.7 Å². The number of primary amides is 1. The lowest BCUT2D eigenvalue weighted by atomic mass is 9.85. The number of hydrogen-bond donors (Lipinski definition) is 3. The van der Waals surface area contributed by atoms with Crippen LogP contribution in [0.1, 0.15) is 57.4 Å². The highest BCUT2D eigenvalue weighted by Crippen LogP contribution is 2.37. The van der Waals surface area contributed by atoms with Crippen molar-refractivity contribution in [1.82, 2.24) is 19.5 Å². The van der Waals surface area contributed by atoms with Crippen LogP contribution in [0.15, 0.2) is 18.3 Å². The second kappa shape index (κ2) is 9.11. The third-order valence-corrected chi connectivity index (χ3v) is 6.83. The summed E-state index contributed by atoms with van der Waals surface area (Å²) in [6, 6.07) is 1.41. The van der Waals surface area contributed by atoms with E-state index in [2.05, 4.69) is 25.6 Å². The molecule has 3 aromatic rings.